The molecule has 0 aliphatic carbocycles. The Morgan fingerprint density at radius 1 is 1.10 bits per heavy atom. The largest absolute Gasteiger partial charge is 0.433 e. The first-order chi connectivity index (χ1) is 14.2. The van der Waals surface area contributed by atoms with Crippen molar-refractivity contribution >= 4 is 44.8 Å². The van der Waals surface area contributed by atoms with Crippen LogP contribution in [0.25, 0.3) is 0 Å². The highest BCUT2D eigenvalue weighted by Crippen LogP contribution is 2.30. The van der Waals surface area contributed by atoms with E-state index in [4.69, 9.17) is 27.9 Å². The van der Waals surface area contributed by atoms with Gasteiger partial charge < -0.3 is 14.8 Å². The number of anilines is 1. The molecule has 0 aromatic heterocycles. The van der Waals surface area contributed by atoms with Crippen molar-refractivity contribution in [3.05, 3.63) is 52.0 Å². The molecule has 1 saturated heterocycles. The molecule has 7 nitrogen and oxygen atoms in total. The van der Waals surface area contributed by atoms with Gasteiger partial charge in [0.15, 0.2) is 0 Å². The highest BCUT2D eigenvalue weighted by molar-refractivity contribution is 7.89. The second-order valence-corrected chi connectivity index (χ2v) is 8.89. The minimum atomic E-state index is -3.83. The van der Waals surface area contributed by atoms with Crippen LogP contribution in [-0.4, -0.2) is 51.5 Å². The molecule has 0 atom stereocenters. The van der Waals surface area contributed by atoms with Crippen LogP contribution in [-0.2, 0) is 14.8 Å². The van der Waals surface area contributed by atoms with Crippen LogP contribution in [0.1, 0.15) is 10.4 Å². The number of alkyl halides is 2. The van der Waals surface area contributed by atoms with Crippen LogP contribution in [0.15, 0.2) is 41.3 Å². The van der Waals surface area contributed by atoms with Gasteiger partial charge in [-0.25, -0.2) is 8.42 Å². The fraction of sp³-hybridized carbons (Fsp3) is 0.278. The van der Waals surface area contributed by atoms with E-state index in [1.165, 1.54) is 40.7 Å². The minimum absolute atomic E-state index is 0.0391. The Hall–Kier alpha value is -1.98. The molecular weight excluding hydrogens is 465 g/mol. The molecule has 1 fully saturated rings. The Labute approximate surface area is 181 Å². The summed E-state index contributed by atoms with van der Waals surface area (Å²) < 4.78 is 60.9. The van der Waals surface area contributed by atoms with Gasteiger partial charge in [-0.3, -0.25) is 4.79 Å². The summed E-state index contributed by atoms with van der Waals surface area (Å²) in [7, 11) is -3.83. The Morgan fingerprint density at radius 2 is 1.80 bits per heavy atom. The SMILES string of the molecule is O=C(Nc1ccc(OC(F)F)c(Cl)c1)c1cc(S(=O)(=O)N2CCOCC2)ccc1Cl. The molecule has 2 aromatic rings. The first-order valence-electron chi connectivity index (χ1n) is 8.61. The summed E-state index contributed by atoms with van der Waals surface area (Å²) in [5.74, 6) is -0.945. The molecule has 1 heterocycles. The van der Waals surface area contributed by atoms with Crippen molar-refractivity contribution < 1.29 is 31.5 Å². The second kappa shape index (κ2) is 9.44. The molecular formula is C18H16Cl2F2N2O5S. The molecule has 30 heavy (non-hydrogen) atoms. The number of rotatable bonds is 6. The molecule has 0 spiro atoms. The van der Waals surface area contributed by atoms with Gasteiger partial charge in [0.1, 0.15) is 5.75 Å². The van der Waals surface area contributed by atoms with Gasteiger partial charge in [-0.05, 0) is 36.4 Å². The Kier molecular flexibility index (Phi) is 7.14. The van der Waals surface area contributed by atoms with E-state index in [2.05, 4.69) is 10.1 Å². The summed E-state index contributed by atoms with van der Waals surface area (Å²) >= 11 is 12.0. The van der Waals surface area contributed by atoms with Gasteiger partial charge in [0.2, 0.25) is 10.0 Å². The highest BCUT2D eigenvalue weighted by Gasteiger charge is 2.27. The number of carbonyl (C=O) groups is 1. The number of nitrogens with zero attached hydrogens (tertiary/aromatic N) is 1. The predicted molar refractivity (Wildman–Crippen MR) is 107 cm³/mol. The molecule has 1 amide bonds. The van der Waals surface area contributed by atoms with Crippen molar-refractivity contribution in [2.75, 3.05) is 31.6 Å². The van der Waals surface area contributed by atoms with E-state index in [0.29, 0.717) is 0 Å². The summed E-state index contributed by atoms with van der Waals surface area (Å²) in [4.78, 5) is 12.6. The predicted octanol–water partition coefficient (Wildman–Crippen LogP) is 3.87. The monoisotopic (exact) mass is 480 g/mol. The lowest BCUT2D eigenvalue weighted by molar-refractivity contribution is -0.0497. The van der Waals surface area contributed by atoms with Gasteiger partial charge >= 0.3 is 6.61 Å². The molecule has 0 unspecified atom stereocenters. The summed E-state index contributed by atoms with van der Waals surface area (Å²) in [6, 6.07) is 7.51. The number of nitrogens with one attached hydrogen (secondary N) is 1. The zero-order chi connectivity index (χ0) is 21.9. The summed E-state index contributed by atoms with van der Waals surface area (Å²) in [6.07, 6.45) is 0. The zero-order valence-electron chi connectivity index (χ0n) is 15.3. The number of amides is 1. The number of hydrogen-bond acceptors (Lipinski definition) is 5. The maximum atomic E-state index is 12.8. The van der Waals surface area contributed by atoms with Gasteiger partial charge in [0.05, 0.1) is 33.7 Å². The van der Waals surface area contributed by atoms with E-state index in [1.54, 1.807) is 0 Å². The topological polar surface area (TPSA) is 84.9 Å². The Bertz CT molecular complexity index is 1050. The number of halogens is 4. The summed E-state index contributed by atoms with van der Waals surface area (Å²) in [5, 5.41) is 2.40. The lowest BCUT2D eigenvalue weighted by atomic mass is 10.2. The third kappa shape index (κ3) is 5.19. The molecule has 0 saturated carbocycles. The van der Waals surface area contributed by atoms with Gasteiger partial charge in [-0.2, -0.15) is 13.1 Å². The molecule has 1 aliphatic heterocycles. The Morgan fingerprint density at radius 3 is 2.43 bits per heavy atom. The highest BCUT2D eigenvalue weighted by atomic mass is 35.5. The maximum Gasteiger partial charge on any atom is 0.387 e. The summed E-state index contributed by atoms with van der Waals surface area (Å²) in [6.45, 7) is -2.06. The van der Waals surface area contributed by atoms with E-state index in [1.807, 2.05) is 0 Å². The number of benzene rings is 2. The van der Waals surface area contributed by atoms with Crippen LogP contribution in [0.5, 0.6) is 5.75 Å². The fourth-order valence-electron chi connectivity index (χ4n) is 2.74. The van der Waals surface area contributed by atoms with Crippen LogP contribution < -0.4 is 10.1 Å². The average Bonchev–Trinajstić information content (AvgIpc) is 2.70. The molecule has 3 rings (SSSR count). The van der Waals surface area contributed by atoms with Gasteiger partial charge in [0.25, 0.3) is 5.91 Å². The van der Waals surface area contributed by atoms with Crippen molar-refractivity contribution in [1.29, 1.82) is 0 Å². The first kappa shape index (κ1) is 22.7. The van der Waals surface area contributed by atoms with E-state index in [0.717, 1.165) is 0 Å². The van der Waals surface area contributed by atoms with E-state index in [-0.39, 0.29) is 58.2 Å². The molecule has 2 aromatic carbocycles. The smallest absolute Gasteiger partial charge is 0.387 e. The van der Waals surface area contributed by atoms with Crippen LogP contribution in [0.2, 0.25) is 10.0 Å². The van der Waals surface area contributed by atoms with Crippen molar-refractivity contribution in [3.8, 4) is 5.75 Å². The number of ether oxygens (including phenoxy) is 2. The third-order valence-corrected chi connectivity index (χ3v) is 6.72. The van der Waals surface area contributed by atoms with Crippen molar-refractivity contribution in [1.82, 2.24) is 4.31 Å². The number of carbonyl (C=O) groups excluding carboxylic acids is 1. The van der Waals surface area contributed by atoms with E-state index in [9.17, 15) is 22.0 Å². The van der Waals surface area contributed by atoms with Gasteiger partial charge in [-0.1, -0.05) is 23.2 Å². The van der Waals surface area contributed by atoms with Crippen molar-refractivity contribution in [2.24, 2.45) is 0 Å². The van der Waals surface area contributed by atoms with Gasteiger partial charge in [-0.15, -0.1) is 0 Å². The lowest BCUT2D eigenvalue weighted by Crippen LogP contribution is -2.40. The normalized spacial score (nSPS) is 15.2. The molecule has 162 valence electrons. The van der Waals surface area contributed by atoms with Crippen LogP contribution >= 0.6 is 23.2 Å². The van der Waals surface area contributed by atoms with Crippen LogP contribution in [0.3, 0.4) is 0 Å². The van der Waals surface area contributed by atoms with E-state index < -0.39 is 22.5 Å². The van der Waals surface area contributed by atoms with Crippen LogP contribution in [0.4, 0.5) is 14.5 Å². The van der Waals surface area contributed by atoms with E-state index >= 15 is 0 Å². The van der Waals surface area contributed by atoms with Crippen molar-refractivity contribution in [3.63, 3.8) is 0 Å². The number of morpholine rings is 1. The summed E-state index contributed by atoms with van der Waals surface area (Å²) in [5.41, 5.74) is 0.110. The molecule has 0 radical (unpaired) electrons. The van der Waals surface area contributed by atoms with Crippen molar-refractivity contribution in [2.45, 2.75) is 11.5 Å². The second-order valence-electron chi connectivity index (χ2n) is 6.14. The fourth-order valence-corrected chi connectivity index (χ4v) is 4.61. The quantitative estimate of drug-likeness (QED) is 0.678. The number of sulfonamides is 1. The molecule has 12 heteroatoms. The standard InChI is InChI=1S/C18H16Cl2F2N2O5S/c19-14-3-2-12(30(26,27)24-5-7-28-8-6-24)10-13(14)17(25)23-11-1-4-16(15(20)9-11)29-18(21)22/h1-4,9-10,18H,5-8H2,(H,23,25). The molecule has 1 N–H and O–H groups in total. The average molecular weight is 481 g/mol. The number of hydrogen-bond donors (Lipinski definition) is 1. The minimum Gasteiger partial charge on any atom is -0.433 e. The zero-order valence-corrected chi connectivity index (χ0v) is 17.6. The maximum absolute atomic E-state index is 12.8. The first-order valence-corrected chi connectivity index (χ1v) is 10.8. The molecule has 0 bridgehead atoms. The Balaban J connectivity index is 1.82. The lowest BCUT2D eigenvalue weighted by Gasteiger charge is -2.26. The van der Waals surface area contributed by atoms with Gasteiger partial charge in [0, 0.05) is 18.8 Å². The van der Waals surface area contributed by atoms with Crippen LogP contribution in [0, 0.1) is 0 Å². The third-order valence-electron chi connectivity index (χ3n) is 4.20. The molecule has 1 aliphatic rings.